The predicted molar refractivity (Wildman–Crippen MR) is 101 cm³/mol. The molecule has 5 rings (SSSR count). The summed E-state index contributed by atoms with van der Waals surface area (Å²) in [6.07, 6.45) is 7.33. The monoisotopic (exact) mass is 368 g/mol. The fourth-order valence-corrected chi connectivity index (χ4v) is 4.74. The van der Waals surface area contributed by atoms with E-state index in [4.69, 9.17) is 11.6 Å². The van der Waals surface area contributed by atoms with E-state index >= 15 is 0 Å². The Morgan fingerprint density at radius 2 is 1.88 bits per heavy atom. The fraction of sp³-hybridized carbons (Fsp3) is 0.350. The summed E-state index contributed by atoms with van der Waals surface area (Å²) in [7, 11) is 0. The van der Waals surface area contributed by atoms with E-state index in [0.717, 1.165) is 42.0 Å². The van der Waals surface area contributed by atoms with Gasteiger partial charge in [0, 0.05) is 17.6 Å². The molecule has 0 atom stereocenters. The molecule has 1 saturated carbocycles. The van der Waals surface area contributed by atoms with Gasteiger partial charge in [-0.25, -0.2) is 19.3 Å². The number of aromatic nitrogens is 3. The van der Waals surface area contributed by atoms with Crippen molar-refractivity contribution in [2.45, 2.75) is 37.5 Å². The molecule has 0 radical (unpaired) electrons. The summed E-state index contributed by atoms with van der Waals surface area (Å²) in [4.78, 5) is 15.5. The zero-order valence-corrected chi connectivity index (χ0v) is 15.0. The summed E-state index contributed by atoms with van der Waals surface area (Å²) in [6.45, 7) is 0.798. The van der Waals surface area contributed by atoms with Gasteiger partial charge < -0.3 is 4.90 Å². The van der Waals surface area contributed by atoms with Crippen LogP contribution in [-0.2, 0) is 5.41 Å². The van der Waals surface area contributed by atoms with Gasteiger partial charge in [-0.2, -0.15) is 0 Å². The van der Waals surface area contributed by atoms with E-state index in [1.807, 2.05) is 12.1 Å². The lowest BCUT2D eigenvalue weighted by atomic mass is 9.71. The molecule has 1 aliphatic heterocycles. The number of benzene rings is 1. The Bertz CT molecular complexity index is 1000. The third kappa shape index (κ3) is 2.37. The largest absolute Gasteiger partial charge is 0.323 e. The van der Waals surface area contributed by atoms with Gasteiger partial charge in [-0.3, -0.25) is 0 Å². The predicted octanol–water partition coefficient (Wildman–Crippen LogP) is 5.17. The van der Waals surface area contributed by atoms with E-state index in [2.05, 4.69) is 19.9 Å². The SMILES string of the molecule is Fc1ccc2c(c1)C1(CCCCC1)CN2c1ncnc2ccc(Cl)nc12. The molecule has 0 N–H and O–H groups in total. The van der Waals surface area contributed by atoms with Crippen LogP contribution in [0.4, 0.5) is 15.9 Å². The molecule has 4 nitrogen and oxygen atoms in total. The molecule has 3 aromatic rings. The van der Waals surface area contributed by atoms with Gasteiger partial charge in [0.1, 0.15) is 22.8 Å². The minimum atomic E-state index is -0.177. The molecule has 0 bridgehead atoms. The minimum absolute atomic E-state index is 0.00840. The lowest BCUT2D eigenvalue weighted by molar-refractivity contribution is 0.313. The Labute approximate surface area is 156 Å². The first-order valence-corrected chi connectivity index (χ1v) is 9.39. The second-order valence-electron chi connectivity index (χ2n) is 7.29. The second-order valence-corrected chi connectivity index (χ2v) is 7.67. The van der Waals surface area contributed by atoms with E-state index in [0.29, 0.717) is 10.7 Å². The average Bonchev–Trinajstić information content (AvgIpc) is 2.95. The molecule has 0 unspecified atom stereocenters. The zero-order valence-electron chi connectivity index (χ0n) is 14.3. The van der Waals surface area contributed by atoms with Crippen LogP contribution in [0.3, 0.4) is 0 Å². The van der Waals surface area contributed by atoms with Crippen LogP contribution in [-0.4, -0.2) is 21.5 Å². The zero-order chi connectivity index (χ0) is 17.7. The number of anilines is 2. The fourth-order valence-electron chi connectivity index (χ4n) is 4.59. The van der Waals surface area contributed by atoms with Crippen molar-refractivity contribution in [1.29, 1.82) is 0 Å². The first kappa shape index (κ1) is 15.9. The maximum Gasteiger partial charge on any atom is 0.163 e. The summed E-state index contributed by atoms with van der Waals surface area (Å²) >= 11 is 6.13. The number of hydrogen-bond donors (Lipinski definition) is 0. The van der Waals surface area contributed by atoms with Crippen LogP contribution in [0.15, 0.2) is 36.7 Å². The number of halogens is 2. The molecular formula is C20H18ClFN4. The number of pyridine rings is 1. The van der Waals surface area contributed by atoms with Crippen LogP contribution < -0.4 is 4.90 Å². The highest BCUT2D eigenvalue weighted by Gasteiger charge is 2.44. The lowest BCUT2D eigenvalue weighted by Crippen LogP contribution is -2.34. The van der Waals surface area contributed by atoms with Gasteiger partial charge in [-0.15, -0.1) is 0 Å². The third-order valence-electron chi connectivity index (χ3n) is 5.78. The van der Waals surface area contributed by atoms with Crippen LogP contribution in [0.25, 0.3) is 11.0 Å². The van der Waals surface area contributed by atoms with E-state index < -0.39 is 0 Å². The van der Waals surface area contributed by atoms with E-state index in [1.165, 1.54) is 25.3 Å². The van der Waals surface area contributed by atoms with Crippen molar-refractivity contribution in [2.75, 3.05) is 11.4 Å². The topological polar surface area (TPSA) is 41.9 Å². The average molecular weight is 369 g/mol. The number of hydrogen-bond acceptors (Lipinski definition) is 4. The number of nitrogens with zero attached hydrogens (tertiary/aromatic N) is 4. The molecule has 0 saturated heterocycles. The molecule has 1 spiro atoms. The summed E-state index contributed by atoms with van der Waals surface area (Å²) < 4.78 is 14.1. The Kier molecular flexibility index (Phi) is 3.60. The van der Waals surface area contributed by atoms with Crippen molar-refractivity contribution < 1.29 is 4.39 Å². The smallest absolute Gasteiger partial charge is 0.163 e. The molecule has 1 aliphatic carbocycles. The van der Waals surface area contributed by atoms with Crippen molar-refractivity contribution in [1.82, 2.24) is 15.0 Å². The molecule has 132 valence electrons. The molecule has 0 amide bonds. The Hall–Kier alpha value is -2.27. The minimum Gasteiger partial charge on any atom is -0.323 e. The first-order chi connectivity index (χ1) is 12.7. The molecule has 2 aromatic heterocycles. The van der Waals surface area contributed by atoms with Crippen LogP contribution >= 0.6 is 11.6 Å². The van der Waals surface area contributed by atoms with Gasteiger partial charge in [0.05, 0.1) is 5.52 Å². The summed E-state index contributed by atoms with van der Waals surface area (Å²) in [5, 5.41) is 0.416. The van der Waals surface area contributed by atoms with Crippen molar-refractivity contribution >= 4 is 34.1 Å². The second kappa shape index (κ2) is 5.88. The standard InChI is InChI=1S/C20H18ClFN4/c21-17-7-5-15-18(25-17)19(24-12-23-15)26-11-20(8-2-1-3-9-20)14-10-13(22)4-6-16(14)26/h4-7,10,12H,1-3,8-9,11H2. The van der Waals surface area contributed by atoms with E-state index in [-0.39, 0.29) is 11.2 Å². The summed E-state index contributed by atoms with van der Waals surface area (Å²) in [5.41, 5.74) is 3.56. The van der Waals surface area contributed by atoms with Gasteiger partial charge in [0.15, 0.2) is 5.82 Å². The first-order valence-electron chi connectivity index (χ1n) is 9.01. The van der Waals surface area contributed by atoms with Crippen molar-refractivity contribution in [3.05, 3.63) is 53.2 Å². The van der Waals surface area contributed by atoms with Crippen LogP contribution in [0.5, 0.6) is 0 Å². The van der Waals surface area contributed by atoms with Gasteiger partial charge in [-0.1, -0.05) is 30.9 Å². The molecule has 1 fully saturated rings. The van der Waals surface area contributed by atoms with Crippen LogP contribution in [0, 0.1) is 5.82 Å². The Morgan fingerprint density at radius 1 is 1.04 bits per heavy atom. The Balaban J connectivity index is 1.71. The quantitative estimate of drug-likeness (QED) is 0.555. The number of fused-ring (bicyclic) bond motifs is 3. The van der Waals surface area contributed by atoms with Crippen molar-refractivity contribution in [3.63, 3.8) is 0 Å². The maximum absolute atomic E-state index is 14.1. The van der Waals surface area contributed by atoms with Gasteiger partial charge in [0.25, 0.3) is 0 Å². The Morgan fingerprint density at radius 3 is 2.73 bits per heavy atom. The molecule has 3 heterocycles. The highest BCUT2D eigenvalue weighted by atomic mass is 35.5. The van der Waals surface area contributed by atoms with Crippen LogP contribution in [0.2, 0.25) is 5.15 Å². The van der Waals surface area contributed by atoms with Gasteiger partial charge in [-0.05, 0) is 48.7 Å². The summed E-state index contributed by atoms with van der Waals surface area (Å²) in [6, 6.07) is 8.69. The molecule has 1 aromatic carbocycles. The number of rotatable bonds is 1. The highest BCUT2D eigenvalue weighted by Crippen LogP contribution is 2.51. The molecule has 2 aliphatic rings. The highest BCUT2D eigenvalue weighted by molar-refractivity contribution is 6.29. The van der Waals surface area contributed by atoms with E-state index in [1.54, 1.807) is 18.5 Å². The maximum atomic E-state index is 14.1. The molecule has 6 heteroatoms. The molecular weight excluding hydrogens is 351 g/mol. The third-order valence-corrected chi connectivity index (χ3v) is 5.99. The van der Waals surface area contributed by atoms with Crippen molar-refractivity contribution in [3.8, 4) is 0 Å². The summed E-state index contributed by atoms with van der Waals surface area (Å²) in [5.74, 6) is 0.567. The normalized spacial score (nSPS) is 18.5. The van der Waals surface area contributed by atoms with Crippen LogP contribution in [0.1, 0.15) is 37.7 Å². The van der Waals surface area contributed by atoms with Gasteiger partial charge >= 0.3 is 0 Å². The van der Waals surface area contributed by atoms with Gasteiger partial charge in [0.2, 0.25) is 0 Å². The lowest BCUT2D eigenvalue weighted by Gasteiger charge is -2.34. The molecule has 26 heavy (non-hydrogen) atoms. The van der Waals surface area contributed by atoms with Crippen molar-refractivity contribution in [2.24, 2.45) is 0 Å². The van der Waals surface area contributed by atoms with E-state index in [9.17, 15) is 4.39 Å².